The van der Waals surface area contributed by atoms with Gasteiger partial charge in [-0.1, -0.05) is 164 Å². The second kappa shape index (κ2) is 13.4. The Kier molecular flexibility index (Phi) is 7.54. The summed E-state index contributed by atoms with van der Waals surface area (Å²) in [7, 11) is 0. The molecule has 0 saturated heterocycles. The Morgan fingerprint density at radius 3 is 1.39 bits per heavy atom. The number of furan rings is 2. The molecule has 0 amide bonds. The predicted octanol–water partition coefficient (Wildman–Crippen LogP) is 16.3. The van der Waals surface area contributed by atoms with E-state index >= 15 is 0 Å². The molecule has 59 heavy (non-hydrogen) atoms. The zero-order valence-corrected chi connectivity index (χ0v) is 32.0. The molecule has 0 aliphatic rings. The molecule has 12 rings (SSSR count). The average Bonchev–Trinajstić information content (AvgIpc) is 3.90. The van der Waals surface area contributed by atoms with Crippen LogP contribution in [0.2, 0.25) is 0 Å². The molecule has 0 fully saturated rings. The second-order valence-corrected chi connectivity index (χ2v) is 15.2. The summed E-state index contributed by atoms with van der Waals surface area (Å²) in [4.78, 5) is 2.42. The van der Waals surface area contributed by atoms with Gasteiger partial charge in [0, 0.05) is 27.6 Å². The van der Waals surface area contributed by atoms with Crippen LogP contribution in [0, 0.1) is 0 Å². The second-order valence-electron chi connectivity index (χ2n) is 15.2. The van der Waals surface area contributed by atoms with Gasteiger partial charge in [0.2, 0.25) is 0 Å². The van der Waals surface area contributed by atoms with E-state index in [2.05, 4.69) is 205 Å². The summed E-state index contributed by atoms with van der Waals surface area (Å²) < 4.78 is 13.7. The molecule has 276 valence electrons. The van der Waals surface area contributed by atoms with Crippen molar-refractivity contribution in [3.63, 3.8) is 0 Å². The van der Waals surface area contributed by atoms with Crippen molar-refractivity contribution in [1.82, 2.24) is 0 Å². The van der Waals surface area contributed by atoms with Crippen LogP contribution in [-0.4, -0.2) is 0 Å². The van der Waals surface area contributed by atoms with Crippen molar-refractivity contribution in [2.24, 2.45) is 0 Å². The maximum Gasteiger partial charge on any atom is 0.145 e. The van der Waals surface area contributed by atoms with Crippen LogP contribution in [0.3, 0.4) is 0 Å². The van der Waals surface area contributed by atoms with Crippen LogP contribution in [0.4, 0.5) is 17.1 Å². The summed E-state index contributed by atoms with van der Waals surface area (Å²) in [6.45, 7) is 0. The lowest BCUT2D eigenvalue weighted by Crippen LogP contribution is -2.11. The van der Waals surface area contributed by atoms with Gasteiger partial charge in [-0.15, -0.1) is 0 Å². The lowest BCUT2D eigenvalue weighted by atomic mass is 9.96. The SMILES string of the molecule is c1ccc(-c2ccc(-c3ccc(N(c4ccc5c(ccc6ccccc65)c4)c4ccc(-c5ccccc5)c5oc6ccccc6c45)c4c3oc3ccccc34)cc2)cc1. The fourth-order valence-electron chi connectivity index (χ4n) is 9.09. The van der Waals surface area contributed by atoms with Crippen molar-refractivity contribution in [3.8, 4) is 33.4 Å². The quantitative estimate of drug-likeness (QED) is 0.158. The van der Waals surface area contributed by atoms with E-state index < -0.39 is 0 Å². The van der Waals surface area contributed by atoms with Crippen LogP contribution in [-0.2, 0) is 0 Å². The number of fused-ring (bicyclic) bond motifs is 9. The number of hydrogen-bond donors (Lipinski definition) is 0. The van der Waals surface area contributed by atoms with Crippen LogP contribution in [0.15, 0.2) is 221 Å². The Hall–Kier alpha value is -7.88. The van der Waals surface area contributed by atoms with E-state index in [0.717, 1.165) is 83.2 Å². The summed E-state index contributed by atoms with van der Waals surface area (Å²) in [5.41, 5.74) is 13.2. The molecule has 2 heterocycles. The molecule has 2 aromatic heterocycles. The van der Waals surface area contributed by atoms with Crippen LogP contribution < -0.4 is 4.90 Å². The molecule has 0 bridgehead atoms. The van der Waals surface area contributed by atoms with Crippen molar-refractivity contribution in [2.45, 2.75) is 0 Å². The van der Waals surface area contributed by atoms with E-state index in [0.29, 0.717) is 0 Å². The van der Waals surface area contributed by atoms with Crippen molar-refractivity contribution < 1.29 is 8.83 Å². The highest BCUT2D eigenvalue weighted by atomic mass is 16.3. The van der Waals surface area contributed by atoms with Gasteiger partial charge in [-0.05, 0) is 92.3 Å². The van der Waals surface area contributed by atoms with Gasteiger partial charge < -0.3 is 13.7 Å². The van der Waals surface area contributed by atoms with E-state index in [1.165, 1.54) is 32.7 Å². The molecular weight excluding hydrogens is 719 g/mol. The largest absolute Gasteiger partial charge is 0.455 e. The van der Waals surface area contributed by atoms with E-state index in [1.54, 1.807) is 0 Å². The number of anilines is 3. The first kappa shape index (κ1) is 33.3. The molecule has 10 aromatic carbocycles. The summed E-state index contributed by atoms with van der Waals surface area (Å²) in [5, 5.41) is 9.10. The predicted molar refractivity (Wildman–Crippen MR) is 247 cm³/mol. The standard InChI is InChI=1S/C56H35NO2/c1-3-13-36(14-4-1)37-23-25-40(26-24-37)46-32-34-50(54-48-20-10-12-22-52(48)59-56(46)54)57(42-29-30-44-41(35-42)28-27-39-17-7-8-18-43(39)44)49-33-31-45(38-15-5-2-6-16-38)55-53(49)47-19-9-11-21-51(47)58-55/h1-35H. The summed E-state index contributed by atoms with van der Waals surface area (Å²) >= 11 is 0. The van der Waals surface area contributed by atoms with Crippen molar-refractivity contribution in [2.75, 3.05) is 4.90 Å². The van der Waals surface area contributed by atoms with Gasteiger partial charge in [0.1, 0.15) is 22.3 Å². The number of hydrogen-bond acceptors (Lipinski definition) is 3. The monoisotopic (exact) mass is 753 g/mol. The van der Waals surface area contributed by atoms with Crippen molar-refractivity contribution in [1.29, 1.82) is 0 Å². The lowest BCUT2D eigenvalue weighted by Gasteiger charge is -2.28. The van der Waals surface area contributed by atoms with Gasteiger partial charge >= 0.3 is 0 Å². The first-order valence-electron chi connectivity index (χ1n) is 20.1. The molecule has 0 atom stereocenters. The normalized spacial score (nSPS) is 11.7. The van der Waals surface area contributed by atoms with Crippen LogP contribution in [0.5, 0.6) is 0 Å². The molecule has 0 aliphatic carbocycles. The topological polar surface area (TPSA) is 29.5 Å². The first-order chi connectivity index (χ1) is 29.3. The van der Waals surface area contributed by atoms with E-state index in [4.69, 9.17) is 8.83 Å². The molecule has 0 radical (unpaired) electrons. The van der Waals surface area contributed by atoms with Crippen LogP contribution in [0.1, 0.15) is 0 Å². The van der Waals surface area contributed by atoms with Gasteiger partial charge in [0.05, 0.1) is 22.1 Å². The van der Waals surface area contributed by atoms with Gasteiger partial charge in [-0.3, -0.25) is 0 Å². The zero-order chi connectivity index (χ0) is 38.9. The maximum absolute atomic E-state index is 6.91. The molecular formula is C56H35NO2. The molecule has 0 saturated carbocycles. The fourth-order valence-corrected chi connectivity index (χ4v) is 9.09. The Morgan fingerprint density at radius 2 is 0.763 bits per heavy atom. The molecule has 12 aromatic rings. The Labute approximate surface area is 340 Å². The van der Waals surface area contributed by atoms with Gasteiger partial charge in [-0.2, -0.15) is 0 Å². The number of nitrogens with zero attached hydrogens (tertiary/aromatic N) is 1. The molecule has 0 unspecified atom stereocenters. The molecule has 3 heteroatoms. The van der Waals surface area contributed by atoms with Crippen molar-refractivity contribution in [3.05, 3.63) is 212 Å². The van der Waals surface area contributed by atoms with E-state index in [-0.39, 0.29) is 0 Å². The third-order valence-corrected chi connectivity index (χ3v) is 11.9. The van der Waals surface area contributed by atoms with E-state index in [1.807, 2.05) is 12.1 Å². The summed E-state index contributed by atoms with van der Waals surface area (Å²) in [6.07, 6.45) is 0. The van der Waals surface area contributed by atoms with Gasteiger partial charge in [-0.25, -0.2) is 0 Å². The Morgan fingerprint density at radius 1 is 0.305 bits per heavy atom. The fraction of sp³-hybridized carbons (Fsp3) is 0. The number of para-hydroxylation sites is 2. The van der Waals surface area contributed by atoms with Crippen LogP contribution in [0.25, 0.3) is 98.8 Å². The third-order valence-electron chi connectivity index (χ3n) is 11.9. The highest BCUT2D eigenvalue weighted by Crippen LogP contribution is 2.50. The first-order valence-corrected chi connectivity index (χ1v) is 20.1. The van der Waals surface area contributed by atoms with Crippen LogP contribution >= 0.6 is 0 Å². The van der Waals surface area contributed by atoms with E-state index in [9.17, 15) is 0 Å². The number of benzene rings is 10. The smallest absolute Gasteiger partial charge is 0.145 e. The molecule has 0 spiro atoms. The van der Waals surface area contributed by atoms with Gasteiger partial charge in [0.15, 0.2) is 0 Å². The Balaban J connectivity index is 1.15. The van der Waals surface area contributed by atoms with Gasteiger partial charge in [0.25, 0.3) is 0 Å². The molecule has 0 N–H and O–H groups in total. The molecule has 0 aliphatic heterocycles. The highest BCUT2D eigenvalue weighted by molar-refractivity contribution is 6.21. The Bertz CT molecular complexity index is 3540. The number of rotatable bonds is 6. The average molecular weight is 754 g/mol. The van der Waals surface area contributed by atoms with Crippen molar-refractivity contribution >= 4 is 82.5 Å². The zero-order valence-electron chi connectivity index (χ0n) is 32.0. The maximum atomic E-state index is 6.91. The molecule has 3 nitrogen and oxygen atoms in total. The minimum atomic E-state index is 0.848. The summed E-state index contributed by atoms with van der Waals surface area (Å²) in [5.74, 6) is 0. The highest BCUT2D eigenvalue weighted by Gasteiger charge is 2.26. The minimum Gasteiger partial charge on any atom is -0.455 e. The lowest BCUT2D eigenvalue weighted by molar-refractivity contribution is 0.670. The summed E-state index contributed by atoms with van der Waals surface area (Å²) in [6, 6.07) is 75.6. The third kappa shape index (κ3) is 5.36. The minimum absolute atomic E-state index is 0.848.